The zero-order valence-corrected chi connectivity index (χ0v) is 10.9. The molecule has 1 fully saturated rings. The van der Waals surface area contributed by atoms with Crippen molar-refractivity contribution in [1.82, 2.24) is 9.88 Å². The largest absolute Gasteiger partial charge is 0.396 e. The molecule has 5 nitrogen and oxygen atoms in total. The third-order valence-electron chi connectivity index (χ3n) is 3.35. The van der Waals surface area contributed by atoms with Crippen LogP contribution >= 0.6 is 0 Å². The van der Waals surface area contributed by atoms with Crippen molar-refractivity contribution >= 4 is 17.4 Å². The lowest BCUT2D eigenvalue weighted by molar-refractivity contribution is -0.130. The first-order valence-electron chi connectivity index (χ1n) is 6.36. The van der Waals surface area contributed by atoms with E-state index in [9.17, 15) is 4.79 Å². The number of rotatable bonds is 3. The summed E-state index contributed by atoms with van der Waals surface area (Å²) in [5, 5.41) is 3.10. The summed E-state index contributed by atoms with van der Waals surface area (Å²) in [5.41, 5.74) is 7.51. The van der Waals surface area contributed by atoms with Crippen molar-refractivity contribution in [2.75, 3.05) is 24.1 Å². The van der Waals surface area contributed by atoms with Gasteiger partial charge in [-0.1, -0.05) is 0 Å². The van der Waals surface area contributed by atoms with Gasteiger partial charge in [-0.05, 0) is 38.3 Å². The van der Waals surface area contributed by atoms with E-state index in [4.69, 9.17) is 5.73 Å². The molecule has 0 saturated carbocycles. The highest BCUT2D eigenvalue weighted by molar-refractivity contribution is 5.85. The number of hydrogen-bond donors (Lipinski definition) is 2. The van der Waals surface area contributed by atoms with Gasteiger partial charge in [0, 0.05) is 19.3 Å². The van der Waals surface area contributed by atoms with E-state index in [2.05, 4.69) is 10.3 Å². The molecule has 1 atom stereocenters. The first kappa shape index (κ1) is 12.7. The Labute approximate surface area is 107 Å². The van der Waals surface area contributed by atoms with Gasteiger partial charge in [0.15, 0.2) is 0 Å². The van der Waals surface area contributed by atoms with Crippen molar-refractivity contribution < 1.29 is 4.79 Å². The lowest BCUT2D eigenvalue weighted by atomic mass is 10.2. The molecule has 0 aliphatic carbocycles. The van der Waals surface area contributed by atoms with E-state index in [1.807, 2.05) is 24.8 Å². The summed E-state index contributed by atoms with van der Waals surface area (Å²) in [7, 11) is 0. The first-order chi connectivity index (χ1) is 8.59. The summed E-state index contributed by atoms with van der Waals surface area (Å²) in [5.74, 6) is 0.713. The number of likely N-dealkylation sites (tertiary alicyclic amines) is 1. The molecule has 2 heterocycles. The molecule has 1 unspecified atom stereocenters. The molecule has 0 bridgehead atoms. The lowest BCUT2D eigenvalue weighted by Gasteiger charge is -2.22. The standard InChI is InChI=1S/C13H20N4O/c1-9-5-6-15-12(11(9)14)16-10(2)13(18)17-7-3-4-8-17/h5-6,10H,3-4,7-8,14H2,1-2H3,(H,15,16). The quantitative estimate of drug-likeness (QED) is 0.848. The maximum Gasteiger partial charge on any atom is 0.244 e. The minimum absolute atomic E-state index is 0.121. The molecule has 1 aliphatic heterocycles. The maximum absolute atomic E-state index is 12.1. The van der Waals surface area contributed by atoms with Crippen LogP contribution in [0.4, 0.5) is 11.5 Å². The van der Waals surface area contributed by atoms with Crippen LogP contribution in [0.2, 0.25) is 0 Å². The highest BCUT2D eigenvalue weighted by Crippen LogP contribution is 2.20. The van der Waals surface area contributed by atoms with Crippen LogP contribution in [0.15, 0.2) is 12.3 Å². The Kier molecular flexibility index (Phi) is 3.69. The fourth-order valence-corrected chi connectivity index (χ4v) is 2.16. The number of carbonyl (C=O) groups is 1. The highest BCUT2D eigenvalue weighted by atomic mass is 16.2. The van der Waals surface area contributed by atoms with Gasteiger partial charge < -0.3 is 16.0 Å². The first-order valence-corrected chi connectivity index (χ1v) is 6.36. The minimum atomic E-state index is -0.292. The van der Waals surface area contributed by atoms with Crippen LogP contribution in [0.25, 0.3) is 0 Å². The number of nitrogens with zero attached hydrogens (tertiary/aromatic N) is 2. The molecule has 98 valence electrons. The fourth-order valence-electron chi connectivity index (χ4n) is 2.16. The van der Waals surface area contributed by atoms with Crippen molar-refractivity contribution in [3.05, 3.63) is 17.8 Å². The number of carbonyl (C=O) groups excluding carboxylic acids is 1. The molecule has 0 radical (unpaired) electrons. The molecule has 0 aromatic carbocycles. The number of anilines is 2. The van der Waals surface area contributed by atoms with E-state index in [-0.39, 0.29) is 11.9 Å². The summed E-state index contributed by atoms with van der Waals surface area (Å²) in [6.45, 7) is 5.50. The van der Waals surface area contributed by atoms with Crippen LogP contribution < -0.4 is 11.1 Å². The van der Waals surface area contributed by atoms with E-state index in [1.54, 1.807) is 6.20 Å². The lowest BCUT2D eigenvalue weighted by Crippen LogP contribution is -2.39. The molecule has 5 heteroatoms. The third-order valence-corrected chi connectivity index (χ3v) is 3.35. The minimum Gasteiger partial charge on any atom is -0.396 e. The normalized spacial score (nSPS) is 16.7. The number of pyridine rings is 1. The highest BCUT2D eigenvalue weighted by Gasteiger charge is 2.23. The van der Waals surface area contributed by atoms with Crippen molar-refractivity contribution in [3.63, 3.8) is 0 Å². The predicted molar refractivity (Wildman–Crippen MR) is 72.3 cm³/mol. The second-order valence-electron chi connectivity index (χ2n) is 4.79. The van der Waals surface area contributed by atoms with Gasteiger partial charge in [-0.3, -0.25) is 4.79 Å². The Balaban J connectivity index is 2.04. The molecular weight excluding hydrogens is 228 g/mol. The second-order valence-corrected chi connectivity index (χ2v) is 4.79. The number of nitrogen functional groups attached to an aromatic ring is 1. The van der Waals surface area contributed by atoms with Gasteiger partial charge >= 0.3 is 0 Å². The van der Waals surface area contributed by atoms with Crippen molar-refractivity contribution in [1.29, 1.82) is 0 Å². The summed E-state index contributed by atoms with van der Waals surface area (Å²) in [4.78, 5) is 18.2. The van der Waals surface area contributed by atoms with Gasteiger partial charge in [0.1, 0.15) is 11.9 Å². The summed E-state index contributed by atoms with van der Waals surface area (Å²) < 4.78 is 0. The number of aromatic nitrogens is 1. The number of aryl methyl sites for hydroxylation is 1. The van der Waals surface area contributed by atoms with E-state index in [0.29, 0.717) is 11.5 Å². The maximum atomic E-state index is 12.1. The van der Waals surface area contributed by atoms with E-state index < -0.39 is 0 Å². The second kappa shape index (κ2) is 5.25. The Morgan fingerprint density at radius 1 is 1.50 bits per heavy atom. The molecule has 0 spiro atoms. The summed E-state index contributed by atoms with van der Waals surface area (Å²) in [6, 6.07) is 1.56. The summed E-state index contributed by atoms with van der Waals surface area (Å²) in [6.07, 6.45) is 3.90. The molecule has 1 saturated heterocycles. The fraction of sp³-hybridized carbons (Fsp3) is 0.538. The van der Waals surface area contributed by atoms with Gasteiger partial charge in [-0.25, -0.2) is 4.98 Å². The molecule has 3 N–H and O–H groups in total. The van der Waals surface area contributed by atoms with E-state index in [0.717, 1.165) is 31.5 Å². The number of hydrogen-bond acceptors (Lipinski definition) is 4. The van der Waals surface area contributed by atoms with E-state index >= 15 is 0 Å². The zero-order chi connectivity index (χ0) is 13.1. The van der Waals surface area contributed by atoms with Crippen molar-refractivity contribution in [2.45, 2.75) is 32.7 Å². The third kappa shape index (κ3) is 2.55. The molecule has 1 aliphatic rings. The Bertz CT molecular complexity index is 441. The SMILES string of the molecule is Cc1ccnc(NC(C)C(=O)N2CCCC2)c1N. The molecule has 18 heavy (non-hydrogen) atoms. The van der Waals surface area contributed by atoms with Gasteiger partial charge in [-0.2, -0.15) is 0 Å². The van der Waals surface area contributed by atoms with Crippen LogP contribution in [0.1, 0.15) is 25.3 Å². The van der Waals surface area contributed by atoms with Crippen molar-refractivity contribution in [2.24, 2.45) is 0 Å². The zero-order valence-electron chi connectivity index (χ0n) is 10.9. The van der Waals surface area contributed by atoms with Crippen LogP contribution in [-0.4, -0.2) is 34.9 Å². The predicted octanol–water partition coefficient (Wildman–Crippen LogP) is 1.40. The number of nitrogens with two attached hydrogens (primary N) is 1. The van der Waals surface area contributed by atoms with Crippen LogP contribution in [-0.2, 0) is 4.79 Å². The van der Waals surface area contributed by atoms with Gasteiger partial charge in [-0.15, -0.1) is 0 Å². The Morgan fingerprint density at radius 3 is 2.83 bits per heavy atom. The number of amides is 1. The average Bonchev–Trinajstić information content (AvgIpc) is 2.87. The van der Waals surface area contributed by atoms with Crippen LogP contribution in [0, 0.1) is 6.92 Å². The Morgan fingerprint density at radius 2 is 2.17 bits per heavy atom. The van der Waals surface area contributed by atoms with Crippen LogP contribution in [0.3, 0.4) is 0 Å². The van der Waals surface area contributed by atoms with Gasteiger partial charge in [0.25, 0.3) is 0 Å². The molecular formula is C13H20N4O. The monoisotopic (exact) mass is 248 g/mol. The van der Waals surface area contributed by atoms with Gasteiger partial charge in [0.05, 0.1) is 5.69 Å². The molecule has 1 aromatic heterocycles. The van der Waals surface area contributed by atoms with E-state index in [1.165, 1.54) is 0 Å². The molecule has 1 aromatic rings. The summed E-state index contributed by atoms with van der Waals surface area (Å²) >= 11 is 0. The van der Waals surface area contributed by atoms with Gasteiger partial charge in [0.2, 0.25) is 5.91 Å². The smallest absolute Gasteiger partial charge is 0.244 e. The number of nitrogens with one attached hydrogen (secondary N) is 1. The molecule has 2 rings (SSSR count). The van der Waals surface area contributed by atoms with Crippen molar-refractivity contribution in [3.8, 4) is 0 Å². The molecule has 1 amide bonds. The topological polar surface area (TPSA) is 71.2 Å². The average molecular weight is 248 g/mol. The van der Waals surface area contributed by atoms with Crippen LogP contribution in [0.5, 0.6) is 0 Å². The Hall–Kier alpha value is -1.78.